The second-order valence-corrected chi connectivity index (χ2v) is 9.03. The predicted molar refractivity (Wildman–Crippen MR) is 131 cm³/mol. The van der Waals surface area contributed by atoms with E-state index in [-0.39, 0.29) is 5.91 Å². The Morgan fingerprint density at radius 2 is 1.56 bits per heavy atom. The second-order valence-electron chi connectivity index (χ2n) is 7.95. The Balaban J connectivity index is 1.65. The average molecular weight is 443 g/mol. The van der Waals surface area contributed by atoms with Crippen LogP contribution in [0.15, 0.2) is 78.0 Å². The minimum Gasteiger partial charge on any atom is -0.325 e. The summed E-state index contributed by atoms with van der Waals surface area (Å²) in [5.41, 5.74) is 6.10. The number of benzene rings is 3. The first-order valence-electron chi connectivity index (χ1n) is 10.5. The van der Waals surface area contributed by atoms with Crippen molar-refractivity contribution >= 4 is 23.4 Å². The molecule has 0 saturated carbocycles. The Labute approximate surface area is 192 Å². The molecule has 1 aromatic heterocycles. The summed E-state index contributed by atoms with van der Waals surface area (Å²) in [6.45, 7) is 6.11. The lowest BCUT2D eigenvalue weighted by Gasteiger charge is -2.17. The molecule has 32 heavy (non-hydrogen) atoms. The molecule has 0 saturated heterocycles. The van der Waals surface area contributed by atoms with Crippen LogP contribution in [0, 0.1) is 20.8 Å². The van der Waals surface area contributed by atoms with Crippen LogP contribution in [0.1, 0.15) is 27.5 Å². The number of nitrogens with one attached hydrogen (secondary N) is 1. The maximum Gasteiger partial charge on any atom is 0.242 e. The van der Waals surface area contributed by atoms with Gasteiger partial charge in [-0.25, -0.2) is 0 Å². The first kappa shape index (κ1) is 21.8. The number of aryl methyl sites for hydroxylation is 3. The SMILES string of the molecule is Cc1cc(C)cc(NC(=O)C(Sc2nnc(-c3ccccc3C)n2C)c2ccccc2)c1. The zero-order chi connectivity index (χ0) is 22.7. The first-order chi connectivity index (χ1) is 15.4. The Bertz CT molecular complexity index is 1230. The summed E-state index contributed by atoms with van der Waals surface area (Å²) in [5, 5.41) is 12.1. The van der Waals surface area contributed by atoms with Gasteiger partial charge in [-0.2, -0.15) is 0 Å². The van der Waals surface area contributed by atoms with Gasteiger partial charge in [-0.3, -0.25) is 4.79 Å². The fourth-order valence-electron chi connectivity index (χ4n) is 3.74. The summed E-state index contributed by atoms with van der Waals surface area (Å²) in [6.07, 6.45) is 0. The molecule has 1 heterocycles. The van der Waals surface area contributed by atoms with Crippen molar-refractivity contribution in [2.24, 2.45) is 7.05 Å². The number of hydrogen-bond donors (Lipinski definition) is 1. The number of carbonyl (C=O) groups is 1. The van der Waals surface area contributed by atoms with E-state index in [1.165, 1.54) is 11.8 Å². The van der Waals surface area contributed by atoms with Crippen LogP contribution >= 0.6 is 11.8 Å². The van der Waals surface area contributed by atoms with Crippen molar-refractivity contribution in [2.45, 2.75) is 31.2 Å². The van der Waals surface area contributed by atoms with Gasteiger partial charge in [0, 0.05) is 18.3 Å². The van der Waals surface area contributed by atoms with Gasteiger partial charge in [0.05, 0.1) is 0 Å². The van der Waals surface area contributed by atoms with E-state index in [0.717, 1.165) is 39.3 Å². The van der Waals surface area contributed by atoms with Crippen LogP contribution in [0.4, 0.5) is 5.69 Å². The first-order valence-corrected chi connectivity index (χ1v) is 11.4. The largest absolute Gasteiger partial charge is 0.325 e. The lowest BCUT2D eigenvalue weighted by Crippen LogP contribution is -2.19. The minimum absolute atomic E-state index is 0.0911. The maximum atomic E-state index is 13.4. The van der Waals surface area contributed by atoms with E-state index in [1.807, 2.05) is 86.1 Å². The molecule has 0 aliphatic rings. The number of aromatic nitrogens is 3. The van der Waals surface area contributed by atoms with Crippen molar-refractivity contribution in [1.29, 1.82) is 0 Å². The lowest BCUT2D eigenvalue weighted by molar-refractivity contribution is -0.115. The van der Waals surface area contributed by atoms with Gasteiger partial charge in [0.1, 0.15) is 5.25 Å². The van der Waals surface area contributed by atoms with Gasteiger partial charge in [-0.15, -0.1) is 10.2 Å². The number of amides is 1. The topological polar surface area (TPSA) is 59.8 Å². The van der Waals surface area contributed by atoms with E-state index in [2.05, 4.69) is 34.6 Å². The molecule has 0 aliphatic carbocycles. The van der Waals surface area contributed by atoms with E-state index in [9.17, 15) is 4.79 Å². The Morgan fingerprint density at radius 1 is 0.906 bits per heavy atom. The Hall–Kier alpha value is -3.38. The molecular formula is C26H26N4OS. The van der Waals surface area contributed by atoms with Gasteiger partial charge in [0.15, 0.2) is 11.0 Å². The van der Waals surface area contributed by atoms with Gasteiger partial charge in [-0.05, 0) is 55.2 Å². The lowest BCUT2D eigenvalue weighted by atomic mass is 10.1. The molecule has 3 aromatic carbocycles. The number of anilines is 1. The molecule has 1 N–H and O–H groups in total. The van der Waals surface area contributed by atoms with Gasteiger partial charge in [0.2, 0.25) is 5.91 Å². The molecule has 1 amide bonds. The normalized spacial score (nSPS) is 11.9. The zero-order valence-corrected chi connectivity index (χ0v) is 19.5. The second kappa shape index (κ2) is 9.40. The fraction of sp³-hybridized carbons (Fsp3) is 0.192. The van der Waals surface area contributed by atoms with Crippen molar-refractivity contribution in [2.75, 3.05) is 5.32 Å². The number of nitrogens with zero attached hydrogens (tertiary/aromatic N) is 3. The Kier molecular flexibility index (Phi) is 6.42. The van der Waals surface area contributed by atoms with Crippen molar-refractivity contribution < 1.29 is 4.79 Å². The molecule has 0 fully saturated rings. The molecule has 5 nitrogen and oxygen atoms in total. The summed E-state index contributed by atoms with van der Waals surface area (Å²) < 4.78 is 1.95. The smallest absolute Gasteiger partial charge is 0.242 e. The third-order valence-corrected chi connectivity index (χ3v) is 6.56. The molecule has 0 aliphatic heterocycles. The molecule has 0 bridgehead atoms. The average Bonchev–Trinajstić information content (AvgIpc) is 3.12. The van der Waals surface area contributed by atoms with E-state index in [0.29, 0.717) is 5.16 Å². The van der Waals surface area contributed by atoms with Crippen LogP contribution in [0.3, 0.4) is 0 Å². The highest BCUT2D eigenvalue weighted by atomic mass is 32.2. The summed E-state index contributed by atoms with van der Waals surface area (Å²) >= 11 is 1.40. The Morgan fingerprint density at radius 3 is 2.25 bits per heavy atom. The summed E-state index contributed by atoms with van der Waals surface area (Å²) in [7, 11) is 1.94. The zero-order valence-electron chi connectivity index (χ0n) is 18.7. The molecule has 4 aromatic rings. The van der Waals surface area contributed by atoms with Crippen LogP contribution < -0.4 is 5.32 Å². The molecule has 0 radical (unpaired) electrons. The quantitative estimate of drug-likeness (QED) is 0.379. The molecule has 0 spiro atoms. The number of hydrogen-bond acceptors (Lipinski definition) is 4. The van der Waals surface area contributed by atoms with Gasteiger partial charge in [-0.1, -0.05) is 72.4 Å². The van der Waals surface area contributed by atoms with Crippen LogP contribution in [0.25, 0.3) is 11.4 Å². The van der Waals surface area contributed by atoms with Crippen LogP contribution in [0.5, 0.6) is 0 Å². The van der Waals surface area contributed by atoms with E-state index in [4.69, 9.17) is 0 Å². The van der Waals surface area contributed by atoms with Crippen molar-refractivity contribution in [3.63, 3.8) is 0 Å². The third kappa shape index (κ3) is 4.75. The molecule has 4 rings (SSSR count). The molecule has 1 atom stereocenters. The third-order valence-electron chi connectivity index (χ3n) is 5.27. The molecule has 6 heteroatoms. The fourth-order valence-corrected chi connectivity index (χ4v) is 4.74. The highest BCUT2D eigenvalue weighted by Gasteiger charge is 2.25. The number of rotatable bonds is 6. The number of thioether (sulfide) groups is 1. The highest BCUT2D eigenvalue weighted by molar-refractivity contribution is 8.00. The van der Waals surface area contributed by atoms with Crippen LogP contribution in [-0.2, 0) is 11.8 Å². The van der Waals surface area contributed by atoms with E-state index in [1.54, 1.807) is 0 Å². The van der Waals surface area contributed by atoms with Crippen molar-refractivity contribution in [3.05, 3.63) is 95.1 Å². The van der Waals surface area contributed by atoms with Crippen molar-refractivity contribution in [1.82, 2.24) is 14.8 Å². The molecular weight excluding hydrogens is 416 g/mol. The van der Waals surface area contributed by atoms with Crippen LogP contribution in [-0.4, -0.2) is 20.7 Å². The summed E-state index contributed by atoms with van der Waals surface area (Å²) in [4.78, 5) is 13.4. The highest BCUT2D eigenvalue weighted by Crippen LogP contribution is 2.36. The maximum absolute atomic E-state index is 13.4. The predicted octanol–water partition coefficient (Wildman–Crippen LogP) is 5.88. The van der Waals surface area contributed by atoms with E-state index >= 15 is 0 Å². The van der Waals surface area contributed by atoms with Gasteiger partial charge in [0.25, 0.3) is 0 Å². The van der Waals surface area contributed by atoms with Crippen LogP contribution in [0.2, 0.25) is 0 Å². The minimum atomic E-state index is -0.468. The van der Waals surface area contributed by atoms with E-state index < -0.39 is 5.25 Å². The standard InChI is InChI=1S/C26H26N4OS/c1-17-14-18(2)16-21(15-17)27-25(31)23(20-11-6-5-7-12-20)32-26-29-28-24(30(26)4)22-13-9-8-10-19(22)3/h5-16,23H,1-4H3,(H,27,31). The number of carbonyl (C=O) groups excluding carboxylic acids is 1. The summed E-state index contributed by atoms with van der Waals surface area (Å²) in [6, 6.07) is 23.9. The van der Waals surface area contributed by atoms with Crippen molar-refractivity contribution in [3.8, 4) is 11.4 Å². The molecule has 162 valence electrons. The summed E-state index contributed by atoms with van der Waals surface area (Å²) in [5.74, 6) is 0.693. The van der Waals surface area contributed by atoms with Gasteiger partial charge >= 0.3 is 0 Å². The van der Waals surface area contributed by atoms with Gasteiger partial charge < -0.3 is 9.88 Å². The monoisotopic (exact) mass is 442 g/mol. The molecule has 1 unspecified atom stereocenters.